The lowest BCUT2D eigenvalue weighted by Gasteiger charge is -2.30. The molecule has 2 nitrogen and oxygen atoms in total. The van der Waals surface area contributed by atoms with Gasteiger partial charge in [-0.1, -0.05) is 89.2 Å². The highest BCUT2D eigenvalue weighted by Gasteiger charge is 2.60. The number of rotatable bonds is 2. The largest absolute Gasteiger partial charge is 0.368 e. The number of aliphatic hydroxyl groups is 2. The van der Waals surface area contributed by atoms with Crippen molar-refractivity contribution in [2.75, 3.05) is 0 Å². The molecule has 2 aromatic carbocycles. The molecule has 3 rings (SSSR count). The first kappa shape index (κ1) is 17.9. The maximum absolute atomic E-state index is 8.19. The smallest absolute Gasteiger partial charge is 0.153 e. The minimum Gasteiger partial charge on any atom is -0.368 e. The van der Waals surface area contributed by atoms with Gasteiger partial charge in [-0.2, -0.15) is 0 Å². The zero-order valence-electron chi connectivity index (χ0n) is 14.7. The van der Waals surface area contributed by atoms with E-state index in [0.29, 0.717) is 5.04 Å². The van der Waals surface area contributed by atoms with E-state index in [1.165, 1.54) is 0 Å². The molecule has 0 saturated heterocycles. The molecule has 0 aliphatic carbocycles. The number of fused-ring (bicyclic) bond motifs is 1. The van der Waals surface area contributed by atoms with Gasteiger partial charge >= 0.3 is 0 Å². The first-order valence-corrected chi connectivity index (χ1v) is 10.2. The second-order valence-corrected chi connectivity index (χ2v) is 12.2. The molecule has 1 aliphatic rings. The Balaban J connectivity index is 0.000000277. The molecule has 0 unspecified atom stereocenters. The Morgan fingerprint density at radius 1 is 0.783 bits per heavy atom. The highest BCUT2D eigenvalue weighted by molar-refractivity contribution is 7.26. The summed E-state index contributed by atoms with van der Waals surface area (Å²) in [4.78, 5) is 0. The molecule has 0 bridgehead atoms. The molecule has 0 fully saturated rings. The normalized spacial score (nSPS) is 15.0. The van der Waals surface area contributed by atoms with Crippen LogP contribution in [0.25, 0.3) is 0 Å². The van der Waals surface area contributed by atoms with Crippen LogP contribution in [-0.2, 0) is 0 Å². The summed E-state index contributed by atoms with van der Waals surface area (Å²) in [6.07, 6.45) is -1.15. The van der Waals surface area contributed by atoms with Gasteiger partial charge in [0.2, 0.25) is 0 Å². The summed E-state index contributed by atoms with van der Waals surface area (Å²) in [7, 11) is -1.57. The van der Waals surface area contributed by atoms with E-state index in [1.807, 2.05) is 0 Å². The predicted molar refractivity (Wildman–Crippen MR) is 100 cm³/mol. The van der Waals surface area contributed by atoms with Gasteiger partial charge in [0.05, 0.1) is 0 Å². The van der Waals surface area contributed by atoms with Crippen LogP contribution in [0, 0.1) is 5.92 Å². The molecule has 0 aromatic heterocycles. The van der Waals surface area contributed by atoms with Gasteiger partial charge < -0.3 is 10.2 Å². The SMILES string of the molecule is CC(C)(C)[Si]1(c2ccccc2)c2ccccc21.CC(C)C(O)O. The van der Waals surface area contributed by atoms with Gasteiger partial charge in [-0.3, -0.25) is 0 Å². The molecular formula is C20H28O2Si. The van der Waals surface area contributed by atoms with E-state index >= 15 is 0 Å². The van der Waals surface area contributed by atoms with E-state index in [1.54, 1.807) is 29.4 Å². The molecule has 23 heavy (non-hydrogen) atoms. The van der Waals surface area contributed by atoms with Gasteiger partial charge in [0.15, 0.2) is 14.4 Å². The van der Waals surface area contributed by atoms with E-state index in [2.05, 4.69) is 75.4 Å². The lowest BCUT2D eigenvalue weighted by atomic mass is 10.2. The molecule has 0 spiro atoms. The number of aliphatic hydroxyl groups excluding tert-OH is 1. The Kier molecular flexibility index (Phi) is 5.14. The fourth-order valence-electron chi connectivity index (χ4n) is 3.29. The third-order valence-corrected chi connectivity index (χ3v) is 10.3. The quantitative estimate of drug-likeness (QED) is 0.655. The molecule has 0 atom stereocenters. The summed E-state index contributed by atoms with van der Waals surface area (Å²) in [6.45, 7) is 10.7. The molecule has 3 heteroatoms. The average Bonchev–Trinajstić information content (AvgIpc) is 3.18. The highest BCUT2D eigenvalue weighted by atomic mass is 28.3. The van der Waals surface area contributed by atoms with Gasteiger partial charge in [-0.15, -0.1) is 0 Å². The molecule has 124 valence electrons. The Bertz CT molecular complexity index is 613. The molecule has 2 aromatic rings. The van der Waals surface area contributed by atoms with E-state index in [-0.39, 0.29) is 5.92 Å². The van der Waals surface area contributed by atoms with Crippen molar-refractivity contribution < 1.29 is 10.2 Å². The Morgan fingerprint density at radius 3 is 1.52 bits per heavy atom. The van der Waals surface area contributed by atoms with E-state index < -0.39 is 14.4 Å². The van der Waals surface area contributed by atoms with Crippen LogP contribution in [0.1, 0.15) is 34.6 Å². The zero-order valence-corrected chi connectivity index (χ0v) is 15.7. The van der Waals surface area contributed by atoms with Gasteiger partial charge in [-0.25, -0.2) is 0 Å². The second kappa shape index (κ2) is 6.60. The summed E-state index contributed by atoms with van der Waals surface area (Å²) >= 11 is 0. The van der Waals surface area contributed by atoms with Gasteiger partial charge in [0.25, 0.3) is 0 Å². The Morgan fingerprint density at radius 2 is 1.17 bits per heavy atom. The van der Waals surface area contributed by atoms with Crippen LogP contribution < -0.4 is 15.6 Å². The minimum atomic E-state index is -1.57. The van der Waals surface area contributed by atoms with Gasteiger partial charge in [0.1, 0.15) is 0 Å². The summed E-state index contributed by atoms with van der Waals surface area (Å²) in [5.41, 5.74) is 0. The van der Waals surface area contributed by atoms with Crippen molar-refractivity contribution >= 4 is 23.6 Å². The zero-order chi connectivity index (χ0) is 17.3. The molecule has 0 amide bonds. The minimum absolute atomic E-state index is 0.0370. The van der Waals surface area contributed by atoms with Crippen molar-refractivity contribution in [3.63, 3.8) is 0 Å². The number of hydrogen-bond donors (Lipinski definition) is 2. The standard InChI is InChI=1S/C16H18Si.C4H10O2/c1-16(2,3)17(13-9-5-4-6-10-13)14-11-7-8-12-15(14)17;1-3(2)4(5)6/h4-12H,1-3H3;3-6H,1-2H3. The molecular weight excluding hydrogens is 300 g/mol. The third kappa shape index (κ3) is 3.27. The molecule has 0 saturated carbocycles. The van der Waals surface area contributed by atoms with Crippen LogP contribution >= 0.6 is 0 Å². The van der Waals surface area contributed by atoms with Crippen molar-refractivity contribution in [1.82, 2.24) is 0 Å². The Hall–Kier alpha value is -1.42. The van der Waals surface area contributed by atoms with Crippen molar-refractivity contribution in [2.45, 2.75) is 45.9 Å². The molecule has 0 radical (unpaired) electrons. The second-order valence-electron chi connectivity index (χ2n) is 7.57. The third-order valence-electron chi connectivity index (χ3n) is 4.60. The highest BCUT2D eigenvalue weighted by Crippen LogP contribution is 2.40. The van der Waals surface area contributed by atoms with E-state index in [0.717, 1.165) is 0 Å². The van der Waals surface area contributed by atoms with Crippen LogP contribution in [0.15, 0.2) is 54.6 Å². The van der Waals surface area contributed by atoms with Crippen LogP contribution in [0.5, 0.6) is 0 Å². The van der Waals surface area contributed by atoms with Crippen LogP contribution in [-0.4, -0.2) is 24.6 Å². The van der Waals surface area contributed by atoms with Crippen LogP contribution in [0.4, 0.5) is 0 Å². The summed E-state index contributed by atoms with van der Waals surface area (Å²) in [6, 6.07) is 20.1. The number of hydrogen-bond acceptors (Lipinski definition) is 2. The fraction of sp³-hybridized carbons (Fsp3) is 0.400. The van der Waals surface area contributed by atoms with Crippen molar-refractivity contribution in [3.8, 4) is 0 Å². The van der Waals surface area contributed by atoms with Crippen LogP contribution in [0.2, 0.25) is 5.04 Å². The fourth-order valence-corrected chi connectivity index (χ4v) is 8.97. The number of benzene rings is 2. The molecule has 1 aliphatic heterocycles. The van der Waals surface area contributed by atoms with E-state index in [4.69, 9.17) is 10.2 Å². The van der Waals surface area contributed by atoms with E-state index in [9.17, 15) is 0 Å². The lowest BCUT2D eigenvalue weighted by Crippen LogP contribution is -2.51. The summed E-state index contributed by atoms with van der Waals surface area (Å²) in [5.74, 6) is -0.0370. The lowest BCUT2D eigenvalue weighted by molar-refractivity contribution is -0.0731. The Labute approximate surface area is 140 Å². The van der Waals surface area contributed by atoms with Crippen molar-refractivity contribution in [2.24, 2.45) is 5.92 Å². The first-order chi connectivity index (χ1) is 10.7. The maximum Gasteiger partial charge on any atom is 0.153 e. The van der Waals surface area contributed by atoms with Crippen LogP contribution in [0.3, 0.4) is 0 Å². The van der Waals surface area contributed by atoms with Crippen molar-refractivity contribution in [1.29, 1.82) is 0 Å². The molecule has 2 N–H and O–H groups in total. The molecule has 1 heterocycles. The maximum atomic E-state index is 8.19. The summed E-state index contributed by atoms with van der Waals surface area (Å²) < 4.78 is 0. The first-order valence-electron chi connectivity index (χ1n) is 8.24. The monoisotopic (exact) mass is 328 g/mol. The topological polar surface area (TPSA) is 40.5 Å². The van der Waals surface area contributed by atoms with Gasteiger partial charge in [0, 0.05) is 5.92 Å². The average molecular weight is 329 g/mol. The predicted octanol–water partition coefficient (Wildman–Crippen LogP) is 2.22. The summed E-state index contributed by atoms with van der Waals surface area (Å²) in [5, 5.41) is 21.6. The van der Waals surface area contributed by atoms with Crippen molar-refractivity contribution in [3.05, 3.63) is 54.6 Å². The van der Waals surface area contributed by atoms with Gasteiger partial charge in [-0.05, 0) is 20.6 Å².